The van der Waals surface area contributed by atoms with E-state index in [1.807, 2.05) is 13.0 Å². The van der Waals surface area contributed by atoms with Gasteiger partial charge in [0.05, 0.1) is 16.7 Å². The third-order valence-corrected chi connectivity index (χ3v) is 9.43. The number of fused-ring (bicyclic) bond motifs is 2. The number of likely N-dealkylation sites (tertiary alicyclic amines) is 1. The number of nitrogens with one attached hydrogen (secondary N) is 1. The number of benzene rings is 2. The molecule has 0 unspecified atom stereocenters. The highest BCUT2D eigenvalue weighted by molar-refractivity contribution is 6.31. The van der Waals surface area contributed by atoms with Crippen LogP contribution in [0.2, 0.25) is 10.0 Å². The van der Waals surface area contributed by atoms with Gasteiger partial charge in [-0.05, 0) is 73.4 Å². The number of anilines is 1. The lowest BCUT2D eigenvalue weighted by Gasteiger charge is -2.41. The summed E-state index contributed by atoms with van der Waals surface area (Å²) in [6.45, 7) is 10.6. The summed E-state index contributed by atoms with van der Waals surface area (Å²) < 4.78 is 16.0. The van der Waals surface area contributed by atoms with E-state index in [0.29, 0.717) is 36.5 Å². The monoisotopic (exact) mass is 574 g/mol. The van der Waals surface area contributed by atoms with Gasteiger partial charge in [-0.1, -0.05) is 69.1 Å². The molecular formula is C31H37Cl2FN2O3. The predicted molar refractivity (Wildman–Crippen MR) is 153 cm³/mol. The number of aliphatic hydroxyl groups is 1. The van der Waals surface area contributed by atoms with Gasteiger partial charge < -0.3 is 10.4 Å². The SMILES string of the molecule is CCN1[C@@H](CC(C)(C)C)[C@@]2(C(=O)Nc3cc(Cl)ccc32)[C@@H](c2cccc(Cl)c2F)[C@@H]1C(=O)CC1CC(C)(O)C1. The van der Waals surface area contributed by atoms with Crippen LogP contribution >= 0.6 is 23.2 Å². The first-order valence-corrected chi connectivity index (χ1v) is 14.5. The van der Waals surface area contributed by atoms with Crippen LogP contribution in [0, 0.1) is 17.2 Å². The zero-order valence-corrected chi connectivity index (χ0v) is 24.7. The van der Waals surface area contributed by atoms with Crippen LogP contribution < -0.4 is 5.32 Å². The van der Waals surface area contributed by atoms with Crippen molar-refractivity contribution in [1.82, 2.24) is 4.90 Å². The van der Waals surface area contributed by atoms with Crippen LogP contribution in [-0.4, -0.2) is 45.9 Å². The number of likely N-dealkylation sites (N-methyl/N-ethyl adjacent to an activating group) is 1. The zero-order valence-electron chi connectivity index (χ0n) is 23.2. The van der Waals surface area contributed by atoms with Crippen LogP contribution in [0.25, 0.3) is 0 Å². The molecule has 1 saturated heterocycles. The van der Waals surface area contributed by atoms with Crippen LogP contribution in [0.4, 0.5) is 10.1 Å². The summed E-state index contributed by atoms with van der Waals surface area (Å²) in [4.78, 5) is 30.8. The summed E-state index contributed by atoms with van der Waals surface area (Å²) in [7, 11) is 0. The number of amides is 1. The molecule has 1 saturated carbocycles. The molecule has 2 aromatic rings. The number of nitrogens with zero attached hydrogens (tertiary/aromatic N) is 1. The molecule has 3 aliphatic rings. The molecule has 1 amide bonds. The Labute approximate surface area is 240 Å². The number of carbonyl (C=O) groups is 2. The molecule has 2 heterocycles. The number of ketones is 1. The molecule has 0 aromatic heterocycles. The van der Waals surface area contributed by atoms with Crippen molar-refractivity contribution in [2.45, 2.75) is 89.3 Å². The second-order valence-corrected chi connectivity index (χ2v) is 14.0. The second kappa shape index (κ2) is 9.83. The first-order valence-electron chi connectivity index (χ1n) is 13.8. The molecule has 39 heavy (non-hydrogen) atoms. The van der Waals surface area contributed by atoms with Crippen molar-refractivity contribution in [2.75, 3.05) is 11.9 Å². The fourth-order valence-electron chi connectivity index (χ4n) is 7.63. The van der Waals surface area contributed by atoms with E-state index in [0.717, 1.165) is 5.56 Å². The van der Waals surface area contributed by atoms with Crippen molar-refractivity contribution in [1.29, 1.82) is 0 Å². The Bertz CT molecular complexity index is 1320. The Balaban J connectivity index is 1.76. The highest BCUT2D eigenvalue weighted by Gasteiger charge is 2.68. The number of carbonyl (C=O) groups excluding carboxylic acids is 2. The van der Waals surface area contributed by atoms with E-state index in [4.69, 9.17) is 23.2 Å². The number of hydrogen-bond donors (Lipinski definition) is 2. The van der Waals surface area contributed by atoms with Gasteiger partial charge in [-0.2, -0.15) is 0 Å². The molecular weight excluding hydrogens is 538 g/mol. The van der Waals surface area contributed by atoms with Gasteiger partial charge in [-0.15, -0.1) is 0 Å². The van der Waals surface area contributed by atoms with Gasteiger partial charge in [-0.25, -0.2) is 4.39 Å². The molecule has 5 rings (SSSR count). The molecule has 1 aliphatic carbocycles. The summed E-state index contributed by atoms with van der Waals surface area (Å²) in [5.74, 6) is -1.64. The molecule has 2 fully saturated rings. The van der Waals surface area contributed by atoms with E-state index in [1.54, 1.807) is 31.2 Å². The number of rotatable bonds is 6. The van der Waals surface area contributed by atoms with Crippen molar-refractivity contribution >= 4 is 40.6 Å². The molecule has 210 valence electrons. The van der Waals surface area contributed by atoms with Crippen LogP contribution in [0.5, 0.6) is 0 Å². The Morgan fingerprint density at radius 1 is 1.21 bits per heavy atom. The Hall–Kier alpha value is -1.99. The van der Waals surface area contributed by atoms with E-state index < -0.39 is 28.8 Å². The van der Waals surface area contributed by atoms with Crippen LogP contribution in [0.1, 0.15) is 77.3 Å². The molecule has 0 bridgehead atoms. The molecule has 2 aliphatic heterocycles. The molecule has 8 heteroatoms. The minimum atomic E-state index is -1.24. The average molecular weight is 576 g/mol. The maximum atomic E-state index is 16.0. The number of Topliss-reactive ketones (excluding diaryl/α,β-unsaturated/α-hetero) is 1. The second-order valence-electron chi connectivity index (χ2n) is 13.1. The van der Waals surface area contributed by atoms with Gasteiger partial charge in [0.25, 0.3) is 0 Å². The first-order chi connectivity index (χ1) is 18.2. The van der Waals surface area contributed by atoms with Crippen LogP contribution in [0.15, 0.2) is 36.4 Å². The minimum absolute atomic E-state index is 0.0345. The van der Waals surface area contributed by atoms with Crippen LogP contribution in [0.3, 0.4) is 0 Å². The van der Waals surface area contributed by atoms with Crippen molar-refractivity contribution in [3.63, 3.8) is 0 Å². The lowest BCUT2D eigenvalue weighted by atomic mass is 9.61. The lowest BCUT2D eigenvalue weighted by Crippen LogP contribution is -2.50. The lowest BCUT2D eigenvalue weighted by molar-refractivity contribution is -0.129. The summed E-state index contributed by atoms with van der Waals surface area (Å²) in [6.07, 6.45) is 1.97. The molecule has 2 aromatic carbocycles. The highest BCUT2D eigenvalue weighted by Crippen LogP contribution is 2.60. The standard InChI is InChI=1S/C31H37Cl2FN2O3/c1-6-36-24(16-29(2,3)4)31(20-11-10-18(32)13-22(20)35-28(31)38)25(19-8-7-9-21(33)26(19)34)27(36)23(37)12-17-14-30(5,39)15-17/h7-11,13,17,24-25,27,39H,6,12,14-16H2,1-5H3,(H,35,38)/t17?,24-,25-,27-,30?,31+/m0/s1. The maximum Gasteiger partial charge on any atom is 0.237 e. The van der Waals surface area contributed by atoms with E-state index >= 15 is 4.39 Å². The summed E-state index contributed by atoms with van der Waals surface area (Å²) in [5.41, 5.74) is -0.589. The Kier molecular flexibility index (Phi) is 7.19. The van der Waals surface area contributed by atoms with Gasteiger partial charge in [0.1, 0.15) is 11.2 Å². The molecule has 0 radical (unpaired) electrons. The fourth-order valence-corrected chi connectivity index (χ4v) is 7.98. The van der Waals surface area contributed by atoms with Crippen molar-refractivity contribution in [2.24, 2.45) is 11.3 Å². The molecule has 4 atom stereocenters. The highest BCUT2D eigenvalue weighted by atomic mass is 35.5. The predicted octanol–water partition coefficient (Wildman–Crippen LogP) is 6.74. The summed E-state index contributed by atoms with van der Waals surface area (Å²) in [5, 5.41) is 13.8. The number of halogens is 3. The van der Waals surface area contributed by atoms with Crippen LogP contribution in [-0.2, 0) is 15.0 Å². The molecule has 1 spiro atoms. The van der Waals surface area contributed by atoms with Gasteiger partial charge in [0.15, 0.2) is 5.78 Å². The average Bonchev–Trinajstić information content (AvgIpc) is 3.25. The van der Waals surface area contributed by atoms with Gasteiger partial charge in [-0.3, -0.25) is 14.5 Å². The largest absolute Gasteiger partial charge is 0.390 e. The van der Waals surface area contributed by atoms with Crippen molar-refractivity contribution in [3.05, 3.63) is 63.4 Å². The summed E-state index contributed by atoms with van der Waals surface area (Å²) >= 11 is 12.6. The molecule has 5 nitrogen and oxygen atoms in total. The van der Waals surface area contributed by atoms with Crippen molar-refractivity contribution in [3.8, 4) is 0 Å². The smallest absolute Gasteiger partial charge is 0.237 e. The van der Waals surface area contributed by atoms with E-state index in [9.17, 15) is 14.7 Å². The zero-order chi connectivity index (χ0) is 28.5. The van der Waals surface area contributed by atoms with Gasteiger partial charge in [0, 0.05) is 29.1 Å². The summed E-state index contributed by atoms with van der Waals surface area (Å²) in [6, 6.07) is 9.04. The van der Waals surface area contributed by atoms with Gasteiger partial charge >= 0.3 is 0 Å². The third kappa shape index (κ3) is 4.71. The molecule has 2 N–H and O–H groups in total. The van der Waals surface area contributed by atoms with Gasteiger partial charge in [0.2, 0.25) is 5.91 Å². The minimum Gasteiger partial charge on any atom is -0.390 e. The fraction of sp³-hybridized carbons (Fsp3) is 0.548. The van der Waals surface area contributed by atoms with Crippen molar-refractivity contribution < 1.29 is 19.1 Å². The quantitative estimate of drug-likeness (QED) is 0.401. The Morgan fingerprint density at radius 2 is 1.90 bits per heavy atom. The first kappa shape index (κ1) is 28.5. The third-order valence-electron chi connectivity index (χ3n) is 8.90. The normalized spacial score (nSPS) is 32.3. The topological polar surface area (TPSA) is 69.6 Å². The van der Waals surface area contributed by atoms with E-state index in [2.05, 4.69) is 31.0 Å². The Morgan fingerprint density at radius 3 is 2.51 bits per heavy atom. The van der Waals surface area contributed by atoms with E-state index in [1.165, 1.54) is 6.07 Å². The maximum absolute atomic E-state index is 16.0. The number of hydrogen-bond acceptors (Lipinski definition) is 4. The van der Waals surface area contributed by atoms with E-state index in [-0.39, 0.29) is 46.1 Å².